The van der Waals surface area contributed by atoms with Crippen LogP contribution in [0.5, 0.6) is 0 Å². The maximum absolute atomic E-state index is 12.8. The largest absolute Gasteiger partial charge is 0.280 e. The first-order valence-electron chi connectivity index (χ1n) is 9.83. The van der Waals surface area contributed by atoms with E-state index < -0.39 is 10.0 Å². The zero-order valence-corrected chi connectivity index (χ0v) is 18.4. The molecule has 1 N–H and O–H groups in total. The van der Waals surface area contributed by atoms with Crippen LogP contribution in [0.2, 0.25) is 0 Å². The van der Waals surface area contributed by atoms with Crippen LogP contribution in [-0.4, -0.2) is 23.2 Å². The summed E-state index contributed by atoms with van der Waals surface area (Å²) in [5.41, 5.74) is 4.14. The van der Waals surface area contributed by atoms with E-state index in [9.17, 15) is 8.42 Å². The van der Waals surface area contributed by atoms with E-state index in [0.29, 0.717) is 5.69 Å². The molecule has 0 aliphatic rings. The monoisotopic (exact) mass is 458 g/mol. The Morgan fingerprint density at radius 1 is 0.812 bits per heavy atom. The van der Waals surface area contributed by atoms with Crippen molar-refractivity contribution in [3.63, 3.8) is 0 Å². The molecule has 0 amide bonds. The maximum Gasteiger partial charge on any atom is 0.261 e. The molecule has 0 saturated heterocycles. The smallest absolute Gasteiger partial charge is 0.261 e. The van der Waals surface area contributed by atoms with E-state index in [1.54, 1.807) is 64.8 Å². The van der Waals surface area contributed by atoms with Gasteiger partial charge < -0.3 is 0 Å². The van der Waals surface area contributed by atoms with Gasteiger partial charge in [0.2, 0.25) is 0 Å². The number of hydrogen-bond acceptors (Lipinski definition) is 5. The Labute approximate surface area is 189 Å². The lowest BCUT2D eigenvalue weighted by molar-refractivity contribution is 0.601. The molecular formula is C24H18N4O2S2. The molecule has 0 unspecified atom stereocenters. The molecule has 0 bridgehead atoms. The number of thiazole rings is 1. The second-order valence-corrected chi connectivity index (χ2v) is 9.57. The average Bonchev–Trinajstić information content (AvgIpc) is 3.53. The third-order valence-electron chi connectivity index (χ3n) is 4.87. The Hall–Kier alpha value is -3.75. The Bertz CT molecular complexity index is 1430. The van der Waals surface area contributed by atoms with E-state index in [0.717, 1.165) is 27.5 Å². The molecule has 0 aliphatic heterocycles. The molecule has 0 radical (unpaired) electrons. The van der Waals surface area contributed by atoms with E-state index >= 15 is 0 Å². The molecule has 0 aliphatic carbocycles. The topological polar surface area (TPSA) is 76.9 Å². The first kappa shape index (κ1) is 20.2. The third-order valence-corrected chi connectivity index (χ3v) is 7.16. The van der Waals surface area contributed by atoms with Gasteiger partial charge in [-0.2, -0.15) is 5.10 Å². The van der Waals surface area contributed by atoms with Gasteiger partial charge in [-0.05, 0) is 42.5 Å². The summed E-state index contributed by atoms with van der Waals surface area (Å²) in [7, 11) is -3.70. The van der Waals surface area contributed by atoms with E-state index in [-0.39, 0.29) is 4.90 Å². The molecule has 2 heterocycles. The average molecular weight is 459 g/mol. The van der Waals surface area contributed by atoms with Crippen molar-refractivity contribution in [1.29, 1.82) is 0 Å². The third kappa shape index (κ3) is 4.18. The molecule has 0 fully saturated rings. The standard InChI is InChI=1S/C24H18N4O2S2/c29-32(30,22-13-11-21(12-14-22)28-16-4-15-25-28)27-20-9-7-18(8-10-20)23-17-31-24(26-23)19-5-2-1-3-6-19/h1-17,27H. The Kier molecular flexibility index (Phi) is 5.30. The molecule has 6 nitrogen and oxygen atoms in total. The SMILES string of the molecule is O=S(=O)(Nc1ccc(-c2csc(-c3ccccc3)n2)cc1)c1ccc(-n2cccn2)cc1. The van der Waals surface area contributed by atoms with E-state index in [4.69, 9.17) is 4.98 Å². The number of hydrogen-bond donors (Lipinski definition) is 1. The van der Waals surface area contributed by atoms with Gasteiger partial charge in [0, 0.05) is 34.6 Å². The van der Waals surface area contributed by atoms with Gasteiger partial charge in [-0.15, -0.1) is 11.3 Å². The van der Waals surface area contributed by atoms with Gasteiger partial charge >= 0.3 is 0 Å². The highest BCUT2D eigenvalue weighted by molar-refractivity contribution is 7.92. The molecule has 0 atom stereocenters. The second-order valence-electron chi connectivity index (χ2n) is 7.03. The summed E-state index contributed by atoms with van der Waals surface area (Å²) in [4.78, 5) is 4.89. The molecule has 3 aromatic carbocycles. The zero-order chi connectivity index (χ0) is 22.0. The molecule has 8 heteroatoms. The van der Waals surface area contributed by atoms with E-state index in [1.165, 1.54) is 0 Å². The van der Waals surface area contributed by atoms with Crippen molar-refractivity contribution in [3.05, 3.63) is 103 Å². The van der Waals surface area contributed by atoms with Gasteiger partial charge in [0.05, 0.1) is 16.3 Å². The molecule has 2 aromatic heterocycles. The predicted molar refractivity (Wildman–Crippen MR) is 127 cm³/mol. The van der Waals surface area contributed by atoms with Crippen molar-refractivity contribution >= 4 is 27.0 Å². The number of nitrogens with zero attached hydrogens (tertiary/aromatic N) is 3. The fraction of sp³-hybridized carbons (Fsp3) is 0. The van der Waals surface area contributed by atoms with Crippen LogP contribution in [-0.2, 0) is 10.0 Å². The number of aromatic nitrogens is 3. The number of benzene rings is 3. The summed E-state index contributed by atoms with van der Waals surface area (Å²) < 4.78 is 29.8. The zero-order valence-electron chi connectivity index (χ0n) is 16.8. The van der Waals surface area contributed by atoms with Gasteiger partial charge in [0.15, 0.2) is 0 Å². The number of nitrogens with one attached hydrogen (secondary N) is 1. The first-order chi connectivity index (χ1) is 15.6. The number of anilines is 1. The predicted octanol–water partition coefficient (Wildman–Crippen LogP) is 5.46. The minimum Gasteiger partial charge on any atom is -0.280 e. The summed E-state index contributed by atoms with van der Waals surface area (Å²) >= 11 is 1.58. The lowest BCUT2D eigenvalue weighted by Crippen LogP contribution is -2.13. The van der Waals surface area contributed by atoms with Crippen molar-refractivity contribution in [2.75, 3.05) is 4.72 Å². The van der Waals surface area contributed by atoms with Crippen molar-refractivity contribution in [3.8, 4) is 27.5 Å². The van der Waals surface area contributed by atoms with Gasteiger partial charge in [-0.3, -0.25) is 4.72 Å². The van der Waals surface area contributed by atoms with Crippen LogP contribution in [0.3, 0.4) is 0 Å². The maximum atomic E-state index is 12.8. The van der Waals surface area contributed by atoms with Gasteiger partial charge in [-0.25, -0.2) is 18.1 Å². The number of rotatable bonds is 6. The lowest BCUT2D eigenvalue weighted by Gasteiger charge is -2.09. The molecule has 32 heavy (non-hydrogen) atoms. The highest BCUT2D eigenvalue weighted by atomic mass is 32.2. The fourth-order valence-electron chi connectivity index (χ4n) is 3.24. The normalized spacial score (nSPS) is 11.4. The molecular weight excluding hydrogens is 440 g/mol. The van der Waals surface area contributed by atoms with Crippen molar-refractivity contribution < 1.29 is 8.42 Å². The minimum absolute atomic E-state index is 0.185. The highest BCUT2D eigenvalue weighted by Crippen LogP contribution is 2.29. The quantitative estimate of drug-likeness (QED) is 0.366. The molecule has 5 rings (SSSR count). The van der Waals surface area contributed by atoms with Crippen LogP contribution < -0.4 is 4.72 Å². The van der Waals surface area contributed by atoms with Gasteiger partial charge in [0.25, 0.3) is 10.0 Å². The van der Waals surface area contributed by atoms with Gasteiger partial charge in [-0.1, -0.05) is 42.5 Å². The lowest BCUT2D eigenvalue weighted by atomic mass is 10.1. The summed E-state index contributed by atoms with van der Waals surface area (Å²) in [5.74, 6) is 0. The van der Waals surface area contributed by atoms with Crippen molar-refractivity contribution in [2.45, 2.75) is 4.90 Å². The van der Waals surface area contributed by atoms with Crippen LogP contribution in [0.25, 0.3) is 27.5 Å². The molecule has 158 valence electrons. The molecule has 0 saturated carbocycles. The van der Waals surface area contributed by atoms with Crippen LogP contribution >= 0.6 is 11.3 Å². The summed E-state index contributed by atoms with van der Waals surface area (Å²) in [5, 5.41) is 7.10. The minimum atomic E-state index is -3.70. The van der Waals surface area contributed by atoms with Crippen molar-refractivity contribution in [2.24, 2.45) is 0 Å². The van der Waals surface area contributed by atoms with Crippen LogP contribution in [0.1, 0.15) is 0 Å². The summed E-state index contributed by atoms with van der Waals surface area (Å²) in [6.45, 7) is 0. The van der Waals surface area contributed by atoms with E-state index in [2.05, 4.69) is 9.82 Å². The number of sulfonamides is 1. The van der Waals surface area contributed by atoms with Crippen LogP contribution in [0, 0.1) is 0 Å². The van der Waals surface area contributed by atoms with Crippen molar-refractivity contribution in [1.82, 2.24) is 14.8 Å². The summed E-state index contributed by atoms with van der Waals surface area (Å²) in [6.07, 6.45) is 3.47. The highest BCUT2D eigenvalue weighted by Gasteiger charge is 2.15. The Morgan fingerprint density at radius 2 is 1.56 bits per heavy atom. The molecule has 5 aromatic rings. The van der Waals surface area contributed by atoms with Crippen LogP contribution in [0.15, 0.2) is 108 Å². The first-order valence-corrected chi connectivity index (χ1v) is 12.2. The summed E-state index contributed by atoms with van der Waals surface area (Å²) in [6, 6.07) is 25.6. The van der Waals surface area contributed by atoms with E-state index in [1.807, 2.05) is 53.9 Å². The van der Waals surface area contributed by atoms with Crippen LogP contribution in [0.4, 0.5) is 5.69 Å². The van der Waals surface area contributed by atoms with Gasteiger partial charge in [0.1, 0.15) is 5.01 Å². The Balaban J connectivity index is 1.32. The fourth-order valence-corrected chi connectivity index (χ4v) is 5.14. The second kappa shape index (κ2) is 8.41. The molecule has 0 spiro atoms. The Morgan fingerprint density at radius 3 is 2.25 bits per heavy atom.